The molecular formula is C13H9F5N2. The molecule has 2 rings (SSSR count). The lowest BCUT2D eigenvalue weighted by Crippen LogP contribution is -2.07. The second-order valence-corrected chi connectivity index (χ2v) is 4.00. The largest absolute Gasteiger partial charge is 0.416 e. The molecule has 20 heavy (non-hydrogen) atoms. The summed E-state index contributed by atoms with van der Waals surface area (Å²) in [4.78, 5) is 3.91. The van der Waals surface area contributed by atoms with E-state index in [2.05, 4.69) is 10.3 Å². The Morgan fingerprint density at radius 2 is 1.70 bits per heavy atom. The average Bonchev–Trinajstić information content (AvgIpc) is 2.40. The number of nitrogens with zero attached hydrogens (tertiary/aromatic N) is 1. The Morgan fingerprint density at radius 3 is 2.25 bits per heavy atom. The minimum atomic E-state index is -4.55. The Kier molecular flexibility index (Phi) is 3.61. The maximum Gasteiger partial charge on any atom is 0.416 e. The number of rotatable bonds is 2. The van der Waals surface area contributed by atoms with Crippen LogP contribution in [0.5, 0.6) is 0 Å². The third-order valence-corrected chi connectivity index (χ3v) is 2.62. The van der Waals surface area contributed by atoms with Gasteiger partial charge in [0.05, 0.1) is 11.3 Å². The highest BCUT2D eigenvalue weighted by molar-refractivity contribution is 5.63. The van der Waals surface area contributed by atoms with Crippen LogP contribution < -0.4 is 5.32 Å². The van der Waals surface area contributed by atoms with Crippen LogP contribution in [0.15, 0.2) is 30.3 Å². The van der Waals surface area contributed by atoms with Gasteiger partial charge < -0.3 is 5.32 Å². The highest BCUT2D eigenvalue weighted by atomic mass is 19.4. The molecule has 0 unspecified atom stereocenters. The zero-order valence-corrected chi connectivity index (χ0v) is 10.2. The summed E-state index contributed by atoms with van der Waals surface area (Å²) in [6.45, 7) is 0. The molecule has 1 aromatic heterocycles. The SMILES string of the molecule is CNc1cc(C(F)(F)F)cc(-c2ccc(F)c(F)c2)n1. The normalized spacial score (nSPS) is 11.5. The topological polar surface area (TPSA) is 24.9 Å². The van der Waals surface area contributed by atoms with Crippen LogP contribution in [-0.2, 0) is 6.18 Å². The number of aromatic nitrogens is 1. The molecule has 1 aromatic carbocycles. The molecule has 0 amide bonds. The quantitative estimate of drug-likeness (QED) is 0.842. The van der Waals surface area contributed by atoms with Gasteiger partial charge >= 0.3 is 6.18 Å². The maximum atomic E-state index is 13.1. The zero-order valence-electron chi connectivity index (χ0n) is 10.2. The number of benzene rings is 1. The molecule has 106 valence electrons. The van der Waals surface area contributed by atoms with Gasteiger partial charge in [-0.3, -0.25) is 0 Å². The molecule has 0 aliphatic heterocycles. The van der Waals surface area contributed by atoms with Crippen LogP contribution in [0.2, 0.25) is 0 Å². The number of pyridine rings is 1. The Balaban J connectivity index is 2.58. The van der Waals surface area contributed by atoms with Crippen LogP contribution >= 0.6 is 0 Å². The molecule has 0 atom stereocenters. The van der Waals surface area contributed by atoms with Gasteiger partial charge in [0.1, 0.15) is 5.82 Å². The average molecular weight is 288 g/mol. The standard InChI is InChI=1S/C13H9F5N2/c1-19-12-6-8(13(16,17)18)5-11(20-12)7-2-3-9(14)10(15)4-7/h2-6H,1H3,(H,19,20). The fourth-order valence-corrected chi connectivity index (χ4v) is 1.63. The smallest absolute Gasteiger partial charge is 0.373 e. The lowest BCUT2D eigenvalue weighted by Gasteiger charge is -2.11. The van der Waals surface area contributed by atoms with Crippen LogP contribution in [0, 0.1) is 11.6 Å². The predicted octanol–water partition coefficient (Wildman–Crippen LogP) is 4.09. The molecule has 0 spiro atoms. The molecule has 0 bridgehead atoms. The highest BCUT2D eigenvalue weighted by Crippen LogP contribution is 2.33. The number of anilines is 1. The van der Waals surface area contributed by atoms with Crippen molar-refractivity contribution >= 4 is 5.82 Å². The van der Waals surface area contributed by atoms with Crippen LogP contribution in [0.1, 0.15) is 5.56 Å². The van der Waals surface area contributed by atoms with E-state index >= 15 is 0 Å². The Hall–Kier alpha value is -2.18. The number of nitrogens with one attached hydrogen (secondary N) is 1. The Labute approximate surface area is 111 Å². The monoisotopic (exact) mass is 288 g/mol. The number of halogens is 5. The second kappa shape index (κ2) is 5.07. The molecule has 0 saturated heterocycles. The molecule has 2 aromatic rings. The van der Waals surface area contributed by atoms with Gasteiger partial charge in [0.15, 0.2) is 11.6 Å². The van der Waals surface area contributed by atoms with Crippen molar-refractivity contribution in [3.63, 3.8) is 0 Å². The first-order valence-electron chi connectivity index (χ1n) is 5.53. The first-order valence-corrected chi connectivity index (χ1v) is 5.53. The summed E-state index contributed by atoms with van der Waals surface area (Å²) in [5, 5.41) is 2.50. The van der Waals surface area contributed by atoms with E-state index in [0.29, 0.717) is 0 Å². The van der Waals surface area contributed by atoms with Crippen molar-refractivity contribution in [1.29, 1.82) is 0 Å². The van der Waals surface area contributed by atoms with Gasteiger partial charge in [-0.05, 0) is 30.3 Å². The van der Waals surface area contributed by atoms with Crippen LogP contribution in [0.3, 0.4) is 0 Å². The number of hydrogen-bond acceptors (Lipinski definition) is 2. The zero-order chi connectivity index (χ0) is 14.9. The molecule has 1 heterocycles. The van der Waals surface area contributed by atoms with E-state index in [1.807, 2.05) is 0 Å². The minimum absolute atomic E-state index is 0.0143. The van der Waals surface area contributed by atoms with E-state index in [-0.39, 0.29) is 17.1 Å². The van der Waals surface area contributed by atoms with Gasteiger partial charge in [0.25, 0.3) is 0 Å². The molecule has 0 saturated carbocycles. The van der Waals surface area contributed by atoms with Gasteiger partial charge in [-0.2, -0.15) is 13.2 Å². The lowest BCUT2D eigenvalue weighted by atomic mass is 10.1. The van der Waals surface area contributed by atoms with Gasteiger partial charge in [0.2, 0.25) is 0 Å². The van der Waals surface area contributed by atoms with E-state index in [4.69, 9.17) is 0 Å². The van der Waals surface area contributed by atoms with Gasteiger partial charge in [-0.15, -0.1) is 0 Å². The van der Waals surface area contributed by atoms with Crippen molar-refractivity contribution in [2.45, 2.75) is 6.18 Å². The second-order valence-electron chi connectivity index (χ2n) is 4.00. The van der Waals surface area contributed by atoms with Crippen molar-refractivity contribution in [3.8, 4) is 11.3 Å². The van der Waals surface area contributed by atoms with Crippen molar-refractivity contribution in [3.05, 3.63) is 47.5 Å². The van der Waals surface area contributed by atoms with Crippen molar-refractivity contribution in [2.24, 2.45) is 0 Å². The Morgan fingerprint density at radius 1 is 1.00 bits per heavy atom. The summed E-state index contributed by atoms with van der Waals surface area (Å²) < 4.78 is 64.2. The highest BCUT2D eigenvalue weighted by Gasteiger charge is 2.31. The summed E-state index contributed by atoms with van der Waals surface area (Å²) in [6, 6.07) is 4.43. The third kappa shape index (κ3) is 2.87. The molecular weight excluding hydrogens is 279 g/mol. The number of hydrogen-bond donors (Lipinski definition) is 1. The molecule has 1 N–H and O–H groups in total. The van der Waals surface area contributed by atoms with E-state index in [1.54, 1.807) is 0 Å². The maximum absolute atomic E-state index is 13.1. The van der Waals surface area contributed by atoms with E-state index in [0.717, 1.165) is 24.3 Å². The first-order chi connectivity index (χ1) is 9.31. The van der Waals surface area contributed by atoms with Gasteiger partial charge in [-0.25, -0.2) is 13.8 Å². The first kappa shape index (κ1) is 14.2. The summed E-state index contributed by atoms with van der Waals surface area (Å²) in [7, 11) is 1.41. The Bertz CT molecular complexity index is 637. The van der Waals surface area contributed by atoms with Crippen molar-refractivity contribution in [2.75, 3.05) is 12.4 Å². The number of alkyl halides is 3. The van der Waals surface area contributed by atoms with Crippen molar-refractivity contribution in [1.82, 2.24) is 4.98 Å². The van der Waals surface area contributed by atoms with Crippen LogP contribution in [0.25, 0.3) is 11.3 Å². The van der Waals surface area contributed by atoms with Crippen molar-refractivity contribution < 1.29 is 22.0 Å². The molecule has 0 fully saturated rings. The minimum Gasteiger partial charge on any atom is -0.373 e. The van der Waals surface area contributed by atoms with E-state index < -0.39 is 23.4 Å². The predicted molar refractivity (Wildman–Crippen MR) is 64.1 cm³/mol. The van der Waals surface area contributed by atoms with Crippen LogP contribution in [0.4, 0.5) is 27.8 Å². The van der Waals surface area contributed by atoms with Gasteiger partial charge in [0, 0.05) is 12.6 Å². The molecule has 0 aliphatic carbocycles. The summed E-state index contributed by atoms with van der Waals surface area (Å²) >= 11 is 0. The molecule has 0 radical (unpaired) electrons. The fourth-order valence-electron chi connectivity index (χ4n) is 1.63. The third-order valence-electron chi connectivity index (χ3n) is 2.62. The fraction of sp³-hybridized carbons (Fsp3) is 0.154. The summed E-state index contributed by atoms with van der Waals surface area (Å²) in [6.07, 6.45) is -4.55. The summed E-state index contributed by atoms with van der Waals surface area (Å²) in [5.41, 5.74) is -0.953. The molecule has 7 heteroatoms. The van der Waals surface area contributed by atoms with Crippen LogP contribution in [-0.4, -0.2) is 12.0 Å². The lowest BCUT2D eigenvalue weighted by molar-refractivity contribution is -0.137. The van der Waals surface area contributed by atoms with E-state index in [1.165, 1.54) is 13.1 Å². The van der Waals surface area contributed by atoms with Gasteiger partial charge in [-0.1, -0.05) is 0 Å². The molecule has 2 nitrogen and oxygen atoms in total. The molecule has 0 aliphatic rings. The summed E-state index contributed by atoms with van der Waals surface area (Å²) in [5.74, 6) is -2.23. The van der Waals surface area contributed by atoms with E-state index in [9.17, 15) is 22.0 Å².